The summed E-state index contributed by atoms with van der Waals surface area (Å²) in [5.41, 5.74) is -0.164. The van der Waals surface area contributed by atoms with Gasteiger partial charge in [0.15, 0.2) is 0 Å². The van der Waals surface area contributed by atoms with Crippen LogP contribution in [0.4, 0.5) is 11.5 Å². The Kier molecular flexibility index (Phi) is 3.96. The first-order valence-corrected chi connectivity index (χ1v) is 7.14. The predicted octanol–water partition coefficient (Wildman–Crippen LogP) is 2.71. The standard InChI is InChI=1S/C15H15N3O5/c1-22-15(19)10-8-12(18(20)21)14(16-9-10)17-6-2-4-11(17)13-5-3-7-23-13/h3,5,7-9,11H,2,4,6H2,1H3/t11-/m1/s1. The van der Waals surface area contributed by atoms with E-state index in [1.807, 2.05) is 11.0 Å². The molecular weight excluding hydrogens is 302 g/mol. The Morgan fingerprint density at radius 2 is 2.39 bits per heavy atom. The molecule has 0 amide bonds. The molecule has 120 valence electrons. The van der Waals surface area contributed by atoms with Crippen LogP contribution in [0.2, 0.25) is 0 Å². The van der Waals surface area contributed by atoms with Gasteiger partial charge in [-0.15, -0.1) is 0 Å². The van der Waals surface area contributed by atoms with Crippen molar-refractivity contribution in [2.24, 2.45) is 0 Å². The molecule has 0 radical (unpaired) electrons. The van der Waals surface area contributed by atoms with E-state index in [1.54, 1.807) is 12.3 Å². The van der Waals surface area contributed by atoms with E-state index in [1.165, 1.54) is 19.4 Å². The van der Waals surface area contributed by atoms with Gasteiger partial charge in [0.25, 0.3) is 0 Å². The number of nitrogens with zero attached hydrogens (tertiary/aromatic N) is 3. The number of hydrogen-bond acceptors (Lipinski definition) is 7. The third-order valence-corrected chi connectivity index (χ3v) is 3.86. The van der Waals surface area contributed by atoms with Gasteiger partial charge in [0.2, 0.25) is 5.82 Å². The summed E-state index contributed by atoms with van der Waals surface area (Å²) >= 11 is 0. The Morgan fingerprint density at radius 3 is 3.04 bits per heavy atom. The van der Waals surface area contributed by atoms with Gasteiger partial charge in [0.1, 0.15) is 5.76 Å². The normalized spacial score (nSPS) is 17.3. The summed E-state index contributed by atoms with van der Waals surface area (Å²) in [6, 6.07) is 4.73. The number of methoxy groups -OCH3 is 1. The van der Waals surface area contributed by atoms with E-state index in [4.69, 9.17) is 4.42 Å². The van der Waals surface area contributed by atoms with Crippen molar-refractivity contribution < 1.29 is 18.9 Å². The molecule has 1 aliphatic heterocycles. The minimum atomic E-state index is -0.656. The Labute approximate surface area is 131 Å². The summed E-state index contributed by atoms with van der Waals surface area (Å²) in [7, 11) is 1.22. The molecule has 0 aliphatic carbocycles. The molecule has 0 unspecified atom stereocenters. The Balaban J connectivity index is 2.01. The number of hydrogen-bond donors (Lipinski definition) is 0. The van der Waals surface area contributed by atoms with Gasteiger partial charge in [-0.25, -0.2) is 9.78 Å². The van der Waals surface area contributed by atoms with Crippen molar-refractivity contribution in [2.75, 3.05) is 18.6 Å². The summed E-state index contributed by atoms with van der Waals surface area (Å²) in [6.07, 6.45) is 4.58. The maximum Gasteiger partial charge on any atom is 0.339 e. The van der Waals surface area contributed by atoms with E-state index in [0.29, 0.717) is 6.54 Å². The first kappa shape index (κ1) is 15.0. The molecule has 0 N–H and O–H groups in total. The van der Waals surface area contributed by atoms with Crippen molar-refractivity contribution in [1.29, 1.82) is 0 Å². The summed E-state index contributed by atoms with van der Waals surface area (Å²) in [5, 5.41) is 11.4. The second kappa shape index (κ2) is 6.07. The first-order valence-electron chi connectivity index (χ1n) is 7.14. The zero-order chi connectivity index (χ0) is 16.4. The van der Waals surface area contributed by atoms with Crippen LogP contribution < -0.4 is 4.90 Å². The molecular formula is C15H15N3O5. The lowest BCUT2D eigenvalue weighted by molar-refractivity contribution is -0.384. The van der Waals surface area contributed by atoms with Crippen molar-refractivity contribution >= 4 is 17.5 Å². The van der Waals surface area contributed by atoms with Crippen LogP contribution >= 0.6 is 0 Å². The lowest BCUT2D eigenvalue weighted by Crippen LogP contribution is -2.24. The molecule has 1 fully saturated rings. The number of pyridine rings is 1. The molecule has 0 spiro atoms. The van der Waals surface area contributed by atoms with Crippen LogP contribution in [0, 0.1) is 10.1 Å². The molecule has 1 aliphatic rings. The SMILES string of the molecule is COC(=O)c1cnc(N2CCC[C@@H]2c2ccco2)c([N+](=O)[O-])c1. The number of esters is 1. The van der Waals surface area contributed by atoms with E-state index < -0.39 is 10.9 Å². The van der Waals surface area contributed by atoms with Crippen LogP contribution in [0.3, 0.4) is 0 Å². The van der Waals surface area contributed by atoms with Gasteiger partial charge in [-0.2, -0.15) is 0 Å². The van der Waals surface area contributed by atoms with Gasteiger partial charge >= 0.3 is 11.7 Å². The van der Waals surface area contributed by atoms with Crippen molar-refractivity contribution in [1.82, 2.24) is 4.98 Å². The highest BCUT2D eigenvalue weighted by molar-refractivity contribution is 5.90. The third-order valence-electron chi connectivity index (χ3n) is 3.86. The lowest BCUT2D eigenvalue weighted by Gasteiger charge is -2.23. The Bertz CT molecular complexity index is 729. The first-order chi connectivity index (χ1) is 11.1. The molecule has 3 heterocycles. The van der Waals surface area contributed by atoms with Crippen molar-refractivity contribution in [3.63, 3.8) is 0 Å². The number of aromatic nitrogens is 1. The van der Waals surface area contributed by atoms with E-state index in [2.05, 4.69) is 9.72 Å². The maximum absolute atomic E-state index is 11.6. The highest BCUT2D eigenvalue weighted by Crippen LogP contribution is 2.39. The highest BCUT2D eigenvalue weighted by atomic mass is 16.6. The molecule has 1 saturated heterocycles. The Hall–Kier alpha value is -2.90. The zero-order valence-electron chi connectivity index (χ0n) is 12.5. The number of carbonyl (C=O) groups excluding carboxylic acids is 1. The van der Waals surface area contributed by atoms with Gasteiger partial charge in [-0.05, 0) is 25.0 Å². The second-order valence-corrected chi connectivity index (χ2v) is 5.18. The maximum atomic E-state index is 11.6. The molecule has 0 aromatic carbocycles. The van der Waals surface area contributed by atoms with E-state index in [0.717, 1.165) is 18.6 Å². The average molecular weight is 317 g/mol. The monoisotopic (exact) mass is 317 g/mol. The fourth-order valence-corrected chi connectivity index (χ4v) is 2.83. The smallest absolute Gasteiger partial charge is 0.339 e. The topological polar surface area (TPSA) is 98.7 Å². The molecule has 8 nitrogen and oxygen atoms in total. The van der Waals surface area contributed by atoms with Gasteiger partial charge < -0.3 is 14.1 Å². The Morgan fingerprint density at radius 1 is 1.57 bits per heavy atom. The minimum absolute atomic E-state index is 0.0525. The van der Waals surface area contributed by atoms with Crippen LogP contribution in [-0.2, 0) is 4.74 Å². The number of rotatable bonds is 4. The summed E-state index contributed by atoms with van der Waals surface area (Å²) < 4.78 is 10.0. The molecule has 8 heteroatoms. The molecule has 1 atom stereocenters. The summed E-state index contributed by atoms with van der Waals surface area (Å²) in [5.74, 6) is 0.327. The number of carbonyl (C=O) groups is 1. The van der Waals surface area contributed by atoms with Gasteiger partial charge in [-0.3, -0.25) is 10.1 Å². The zero-order valence-corrected chi connectivity index (χ0v) is 12.5. The van der Waals surface area contributed by atoms with Crippen LogP contribution in [0.25, 0.3) is 0 Å². The van der Waals surface area contributed by atoms with Gasteiger partial charge in [0, 0.05) is 18.8 Å². The summed E-state index contributed by atoms with van der Waals surface area (Å²) in [4.78, 5) is 28.4. The number of nitro groups is 1. The largest absolute Gasteiger partial charge is 0.467 e. The minimum Gasteiger partial charge on any atom is -0.467 e. The molecule has 0 bridgehead atoms. The van der Waals surface area contributed by atoms with Crippen LogP contribution in [-0.4, -0.2) is 29.5 Å². The highest BCUT2D eigenvalue weighted by Gasteiger charge is 2.34. The van der Waals surface area contributed by atoms with E-state index >= 15 is 0 Å². The van der Waals surface area contributed by atoms with Gasteiger partial charge in [-0.1, -0.05) is 0 Å². The predicted molar refractivity (Wildman–Crippen MR) is 80.3 cm³/mol. The van der Waals surface area contributed by atoms with Crippen LogP contribution in [0.5, 0.6) is 0 Å². The average Bonchev–Trinajstić information content (AvgIpc) is 3.23. The van der Waals surface area contributed by atoms with Crippen molar-refractivity contribution in [3.8, 4) is 0 Å². The molecule has 3 rings (SSSR count). The second-order valence-electron chi connectivity index (χ2n) is 5.18. The fourth-order valence-electron chi connectivity index (χ4n) is 2.83. The number of ether oxygens (including phenoxy) is 1. The van der Waals surface area contributed by atoms with Crippen LogP contribution in [0.15, 0.2) is 35.1 Å². The van der Waals surface area contributed by atoms with E-state index in [9.17, 15) is 14.9 Å². The molecule has 23 heavy (non-hydrogen) atoms. The van der Waals surface area contributed by atoms with E-state index in [-0.39, 0.29) is 23.1 Å². The quantitative estimate of drug-likeness (QED) is 0.485. The van der Waals surface area contributed by atoms with Gasteiger partial charge in [0.05, 0.1) is 29.9 Å². The number of furan rings is 1. The van der Waals surface area contributed by atoms with Crippen molar-refractivity contribution in [3.05, 3.63) is 52.1 Å². The third kappa shape index (κ3) is 2.75. The summed E-state index contributed by atoms with van der Waals surface area (Å²) in [6.45, 7) is 0.636. The van der Waals surface area contributed by atoms with Crippen molar-refractivity contribution in [2.45, 2.75) is 18.9 Å². The number of anilines is 1. The molecule has 2 aromatic heterocycles. The molecule has 0 saturated carbocycles. The van der Waals surface area contributed by atoms with Crippen LogP contribution in [0.1, 0.15) is 35.0 Å². The molecule has 2 aromatic rings. The lowest BCUT2D eigenvalue weighted by atomic mass is 10.1. The fraction of sp³-hybridized carbons (Fsp3) is 0.333.